The fraction of sp³-hybridized carbons (Fsp3) is 0.571. The summed E-state index contributed by atoms with van der Waals surface area (Å²) in [4.78, 5) is 7.16. The van der Waals surface area contributed by atoms with Crippen molar-refractivity contribution < 1.29 is 4.74 Å². The average molecular weight is 434 g/mol. The SMILES string of the molecule is Cc1nnc(CN=C(NCCCN2CCOCC2)NCCc2ccc(Cl)cc2)n1C. The van der Waals surface area contributed by atoms with E-state index in [-0.39, 0.29) is 0 Å². The smallest absolute Gasteiger partial charge is 0.191 e. The quantitative estimate of drug-likeness (QED) is 0.356. The topological polar surface area (TPSA) is 79.6 Å². The first kappa shape index (κ1) is 22.5. The Labute approximate surface area is 183 Å². The van der Waals surface area contributed by atoms with Gasteiger partial charge in [0.25, 0.3) is 0 Å². The highest BCUT2D eigenvalue weighted by molar-refractivity contribution is 6.30. The number of ether oxygens (including phenoxy) is 1. The number of hydrogen-bond acceptors (Lipinski definition) is 5. The Hall–Kier alpha value is -2.16. The van der Waals surface area contributed by atoms with E-state index in [0.717, 1.165) is 81.4 Å². The van der Waals surface area contributed by atoms with Crippen molar-refractivity contribution in [1.29, 1.82) is 0 Å². The van der Waals surface area contributed by atoms with Crippen LogP contribution in [-0.2, 0) is 24.8 Å². The van der Waals surface area contributed by atoms with Gasteiger partial charge in [0, 0.05) is 38.2 Å². The van der Waals surface area contributed by atoms with E-state index in [0.29, 0.717) is 6.54 Å². The molecule has 2 aromatic rings. The maximum atomic E-state index is 5.97. The molecule has 9 heteroatoms. The van der Waals surface area contributed by atoms with Gasteiger partial charge in [0.05, 0.1) is 13.2 Å². The molecule has 1 saturated heterocycles. The van der Waals surface area contributed by atoms with Crippen LogP contribution < -0.4 is 10.6 Å². The van der Waals surface area contributed by atoms with Crippen LogP contribution in [0.3, 0.4) is 0 Å². The molecule has 2 N–H and O–H groups in total. The lowest BCUT2D eigenvalue weighted by Crippen LogP contribution is -2.41. The van der Waals surface area contributed by atoms with Crippen molar-refractivity contribution in [3.63, 3.8) is 0 Å². The number of halogens is 1. The second kappa shape index (κ2) is 11.9. The summed E-state index contributed by atoms with van der Waals surface area (Å²) in [6.07, 6.45) is 1.95. The summed E-state index contributed by atoms with van der Waals surface area (Å²) in [5.41, 5.74) is 1.24. The molecule has 0 bridgehead atoms. The van der Waals surface area contributed by atoms with Crippen LogP contribution >= 0.6 is 11.6 Å². The van der Waals surface area contributed by atoms with Gasteiger partial charge in [-0.25, -0.2) is 4.99 Å². The van der Waals surface area contributed by atoms with E-state index < -0.39 is 0 Å². The van der Waals surface area contributed by atoms with E-state index in [1.54, 1.807) is 0 Å². The zero-order valence-electron chi connectivity index (χ0n) is 17.9. The monoisotopic (exact) mass is 433 g/mol. The van der Waals surface area contributed by atoms with Crippen LogP contribution in [0.15, 0.2) is 29.3 Å². The lowest BCUT2D eigenvalue weighted by molar-refractivity contribution is 0.0376. The summed E-state index contributed by atoms with van der Waals surface area (Å²) >= 11 is 5.97. The van der Waals surface area contributed by atoms with Gasteiger partial charge in [-0.3, -0.25) is 4.90 Å². The molecule has 1 aromatic carbocycles. The van der Waals surface area contributed by atoms with Gasteiger partial charge in [0.2, 0.25) is 0 Å². The predicted molar refractivity (Wildman–Crippen MR) is 120 cm³/mol. The van der Waals surface area contributed by atoms with Crippen molar-refractivity contribution in [2.24, 2.45) is 12.0 Å². The molecule has 1 aromatic heterocycles. The second-order valence-electron chi connectivity index (χ2n) is 7.42. The van der Waals surface area contributed by atoms with E-state index in [9.17, 15) is 0 Å². The zero-order valence-corrected chi connectivity index (χ0v) is 18.7. The molecular formula is C21H32ClN7O. The summed E-state index contributed by atoms with van der Waals surface area (Å²) in [7, 11) is 1.96. The Morgan fingerprint density at radius 2 is 1.87 bits per heavy atom. The van der Waals surface area contributed by atoms with Crippen molar-refractivity contribution in [3.8, 4) is 0 Å². The largest absolute Gasteiger partial charge is 0.379 e. The molecule has 2 heterocycles. The van der Waals surface area contributed by atoms with Crippen molar-refractivity contribution in [2.75, 3.05) is 45.9 Å². The Morgan fingerprint density at radius 3 is 2.57 bits per heavy atom. The van der Waals surface area contributed by atoms with E-state index in [1.807, 2.05) is 30.7 Å². The highest BCUT2D eigenvalue weighted by atomic mass is 35.5. The van der Waals surface area contributed by atoms with Gasteiger partial charge < -0.3 is 19.9 Å². The fourth-order valence-electron chi connectivity index (χ4n) is 3.22. The molecule has 0 unspecified atom stereocenters. The number of nitrogens with one attached hydrogen (secondary N) is 2. The number of guanidine groups is 1. The first-order valence-electron chi connectivity index (χ1n) is 10.5. The molecule has 0 amide bonds. The molecule has 30 heavy (non-hydrogen) atoms. The maximum absolute atomic E-state index is 5.97. The lowest BCUT2D eigenvalue weighted by atomic mass is 10.1. The Morgan fingerprint density at radius 1 is 1.13 bits per heavy atom. The Kier molecular flexibility index (Phi) is 8.92. The summed E-state index contributed by atoms with van der Waals surface area (Å²) in [5.74, 6) is 2.53. The third-order valence-corrected chi connectivity index (χ3v) is 5.48. The summed E-state index contributed by atoms with van der Waals surface area (Å²) in [6.45, 7) is 8.85. The number of nitrogens with zero attached hydrogens (tertiary/aromatic N) is 5. The summed E-state index contributed by atoms with van der Waals surface area (Å²) < 4.78 is 7.38. The minimum Gasteiger partial charge on any atom is -0.379 e. The lowest BCUT2D eigenvalue weighted by Gasteiger charge is -2.26. The van der Waals surface area contributed by atoms with E-state index in [4.69, 9.17) is 21.3 Å². The predicted octanol–water partition coefficient (Wildman–Crippen LogP) is 1.78. The summed E-state index contributed by atoms with van der Waals surface area (Å²) in [5, 5.41) is 16.0. The molecule has 1 aliphatic rings. The Balaban J connectivity index is 1.49. The highest BCUT2D eigenvalue weighted by Crippen LogP contribution is 2.09. The molecule has 0 aliphatic carbocycles. The normalized spacial score (nSPS) is 15.4. The van der Waals surface area contributed by atoms with Gasteiger partial charge in [-0.15, -0.1) is 10.2 Å². The standard InChI is InChI=1S/C21H32ClN7O/c1-17-26-27-20(28(17)2)16-25-21(23-9-3-11-29-12-14-30-15-13-29)24-10-8-18-4-6-19(22)7-5-18/h4-7H,3,8-16H2,1-2H3,(H2,23,24,25). The van der Waals surface area contributed by atoms with E-state index in [1.165, 1.54) is 5.56 Å². The average Bonchev–Trinajstić information content (AvgIpc) is 3.08. The van der Waals surface area contributed by atoms with Crippen LogP contribution in [0.5, 0.6) is 0 Å². The minimum atomic E-state index is 0.483. The molecule has 164 valence electrons. The third-order valence-electron chi connectivity index (χ3n) is 5.23. The van der Waals surface area contributed by atoms with Gasteiger partial charge in [0.1, 0.15) is 12.4 Å². The highest BCUT2D eigenvalue weighted by Gasteiger charge is 2.10. The van der Waals surface area contributed by atoms with Crippen LogP contribution in [0.1, 0.15) is 23.6 Å². The molecule has 1 aliphatic heterocycles. The van der Waals surface area contributed by atoms with E-state index >= 15 is 0 Å². The number of aromatic nitrogens is 3. The van der Waals surface area contributed by atoms with Crippen LogP contribution in [0.2, 0.25) is 5.02 Å². The van der Waals surface area contributed by atoms with Gasteiger partial charge in [-0.05, 0) is 44.0 Å². The summed E-state index contributed by atoms with van der Waals surface area (Å²) in [6, 6.07) is 7.95. The van der Waals surface area contributed by atoms with Crippen molar-refractivity contribution >= 4 is 17.6 Å². The number of rotatable bonds is 9. The van der Waals surface area contributed by atoms with Crippen molar-refractivity contribution in [3.05, 3.63) is 46.5 Å². The van der Waals surface area contributed by atoms with Crippen LogP contribution in [0.4, 0.5) is 0 Å². The molecule has 8 nitrogen and oxygen atoms in total. The van der Waals surface area contributed by atoms with Crippen LogP contribution in [0, 0.1) is 6.92 Å². The van der Waals surface area contributed by atoms with Crippen molar-refractivity contribution in [2.45, 2.75) is 26.3 Å². The van der Waals surface area contributed by atoms with Gasteiger partial charge in [-0.2, -0.15) is 0 Å². The van der Waals surface area contributed by atoms with E-state index in [2.05, 4.69) is 37.9 Å². The third kappa shape index (κ3) is 7.27. The molecule has 0 atom stereocenters. The van der Waals surface area contributed by atoms with Gasteiger partial charge >= 0.3 is 0 Å². The molecule has 0 radical (unpaired) electrons. The van der Waals surface area contributed by atoms with Crippen molar-refractivity contribution in [1.82, 2.24) is 30.3 Å². The van der Waals surface area contributed by atoms with Gasteiger partial charge in [0.15, 0.2) is 11.8 Å². The first-order valence-corrected chi connectivity index (χ1v) is 10.9. The number of aliphatic imine (C=N–C) groups is 1. The maximum Gasteiger partial charge on any atom is 0.191 e. The van der Waals surface area contributed by atoms with Crippen LogP contribution in [0.25, 0.3) is 0 Å². The number of hydrogen-bond donors (Lipinski definition) is 2. The molecular weight excluding hydrogens is 402 g/mol. The second-order valence-corrected chi connectivity index (χ2v) is 7.86. The molecule has 0 spiro atoms. The Bertz CT molecular complexity index is 800. The molecule has 0 saturated carbocycles. The minimum absolute atomic E-state index is 0.483. The number of morpholine rings is 1. The van der Waals surface area contributed by atoms with Gasteiger partial charge in [-0.1, -0.05) is 23.7 Å². The first-order chi connectivity index (χ1) is 14.6. The fourth-order valence-corrected chi connectivity index (χ4v) is 3.35. The zero-order chi connectivity index (χ0) is 21.2. The number of aryl methyl sites for hydroxylation is 1. The molecule has 1 fully saturated rings. The number of benzene rings is 1. The van der Waals surface area contributed by atoms with Crippen LogP contribution in [-0.4, -0.2) is 71.6 Å². The molecule has 3 rings (SSSR count).